The smallest absolute Gasteiger partial charge is 0.229 e. The van der Waals surface area contributed by atoms with Gasteiger partial charge in [-0.1, -0.05) is 36.4 Å². The van der Waals surface area contributed by atoms with Gasteiger partial charge in [-0.05, 0) is 70.8 Å². The predicted octanol–water partition coefficient (Wildman–Crippen LogP) is 0.597. The molecule has 7 rings (SSSR count). The average molecular weight is 779 g/mol. The summed E-state index contributed by atoms with van der Waals surface area (Å²) in [5, 5.41) is 112. The van der Waals surface area contributed by atoms with Gasteiger partial charge in [0.2, 0.25) is 12.6 Å². The zero-order chi connectivity index (χ0) is 39.8. The number of fused-ring (bicyclic) bond motifs is 1. The highest BCUT2D eigenvalue weighted by Crippen LogP contribution is 2.54. The van der Waals surface area contributed by atoms with Gasteiger partial charge in [0, 0.05) is 11.6 Å². The minimum Gasteiger partial charge on any atom is -0.508 e. The highest BCUT2D eigenvalue weighted by Gasteiger charge is 2.46. The van der Waals surface area contributed by atoms with Crippen LogP contribution in [0.3, 0.4) is 0 Å². The van der Waals surface area contributed by atoms with Crippen LogP contribution in [0.5, 0.6) is 34.5 Å². The molecule has 2 fully saturated rings. The second kappa shape index (κ2) is 16.2. The standard InChI is InChI=1S/C40H42O16/c41-16-28-32(46)34(48)36(50)39(55-28)52-24-7-3-18(4-8-24)1-2-19-11-26(45)31-27(12-19)54-38(30(31)21-13-22(43)15-23(44)14-21)20-5-9-25(10-6-20)53-40-37(51)35(49)33(47)29(17-42)56-40/h1-15,28-30,32-51H,16-17H2/t28-,29-,30-,32-,33-,34+,35+,36-,37-,38+,39-,40-/m1/s1. The van der Waals surface area contributed by atoms with Crippen molar-refractivity contribution in [3.05, 3.63) is 107 Å². The minimum absolute atomic E-state index is 0.108. The molecule has 0 aliphatic carbocycles. The first kappa shape index (κ1) is 39.3. The van der Waals surface area contributed by atoms with E-state index in [1.807, 2.05) is 0 Å². The van der Waals surface area contributed by atoms with E-state index in [1.165, 1.54) is 18.2 Å². The third-order valence-electron chi connectivity index (χ3n) is 10.1. The van der Waals surface area contributed by atoms with Crippen molar-refractivity contribution in [1.29, 1.82) is 0 Å². The maximum atomic E-state index is 11.4. The fourth-order valence-corrected chi connectivity index (χ4v) is 7.08. The number of hydrogen-bond acceptors (Lipinski definition) is 16. The van der Waals surface area contributed by atoms with Gasteiger partial charge >= 0.3 is 0 Å². The Morgan fingerprint density at radius 3 is 1.55 bits per heavy atom. The van der Waals surface area contributed by atoms with Crippen LogP contribution in [-0.4, -0.2) is 131 Å². The summed E-state index contributed by atoms with van der Waals surface area (Å²) in [6.07, 6.45) is -11.6. The molecule has 3 aliphatic rings. The normalized spacial score (nSPS) is 31.5. The summed E-state index contributed by atoms with van der Waals surface area (Å²) >= 11 is 0. The molecule has 11 N–H and O–H groups in total. The second-order valence-corrected chi connectivity index (χ2v) is 13.9. The molecule has 2 saturated heterocycles. The number of rotatable bonds is 10. The molecule has 3 aliphatic heterocycles. The van der Waals surface area contributed by atoms with Crippen molar-refractivity contribution in [1.82, 2.24) is 0 Å². The number of phenols is 3. The number of benzene rings is 4. The van der Waals surface area contributed by atoms with Crippen LogP contribution < -0.4 is 14.2 Å². The molecule has 0 amide bonds. The first-order valence-corrected chi connectivity index (χ1v) is 17.7. The van der Waals surface area contributed by atoms with Gasteiger partial charge in [0.1, 0.15) is 89.4 Å². The Morgan fingerprint density at radius 1 is 0.536 bits per heavy atom. The lowest BCUT2D eigenvalue weighted by molar-refractivity contribution is -0.277. The van der Waals surface area contributed by atoms with Crippen molar-refractivity contribution in [3.8, 4) is 34.5 Å². The Labute approximate surface area is 319 Å². The molecule has 3 heterocycles. The van der Waals surface area contributed by atoms with Crippen molar-refractivity contribution in [2.45, 2.75) is 73.4 Å². The third kappa shape index (κ3) is 7.85. The molecule has 0 radical (unpaired) electrons. The molecule has 0 unspecified atom stereocenters. The van der Waals surface area contributed by atoms with Gasteiger partial charge in [-0.15, -0.1) is 0 Å². The Morgan fingerprint density at radius 2 is 1.04 bits per heavy atom. The molecule has 4 aromatic rings. The van der Waals surface area contributed by atoms with Crippen molar-refractivity contribution < 1.29 is 79.9 Å². The summed E-state index contributed by atoms with van der Waals surface area (Å²) in [4.78, 5) is 0. The quantitative estimate of drug-likeness (QED) is 0.0985. The largest absolute Gasteiger partial charge is 0.508 e. The highest BCUT2D eigenvalue weighted by atomic mass is 16.7. The molecule has 0 saturated carbocycles. The Bertz CT molecular complexity index is 1980. The number of ether oxygens (including phenoxy) is 5. The molecular weight excluding hydrogens is 736 g/mol. The fraction of sp³-hybridized carbons (Fsp3) is 0.350. The maximum absolute atomic E-state index is 11.4. The van der Waals surface area contributed by atoms with Crippen LogP contribution in [0.4, 0.5) is 0 Å². The highest BCUT2D eigenvalue weighted by molar-refractivity contribution is 5.73. The topological polar surface area (TPSA) is 269 Å². The summed E-state index contributed by atoms with van der Waals surface area (Å²) in [6, 6.07) is 20.5. The van der Waals surface area contributed by atoms with Crippen molar-refractivity contribution in [2.75, 3.05) is 13.2 Å². The first-order valence-electron chi connectivity index (χ1n) is 17.7. The second-order valence-electron chi connectivity index (χ2n) is 13.9. The Hall–Kier alpha value is -4.98. The minimum atomic E-state index is -1.62. The maximum Gasteiger partial charge on any atom is 0.229 e. The van der Waals surface area contributed by atoms with Crippen molar-refractivity contribution in [2.24, 2.45) is 0 Å². The zero-order valence-electron chi connectivity index (χ0n) is 29.5. The molecular formula is C40H42O16. The molecule has 16 nitrogen and oxygen atoms in total. The number of aliphatic hydroxyl groups excluding tert-OH is 8. The van der Waals surface area contributed by atoms with E-state index in [1.54, 1.807) is 72.8 Å². The fourth-order valence-electron chi connectivity index (χ4n) is 7.08. The van der Waals surface area contributed by atoms with Crippen LogP contribution in [0.2, 0.25) is 0 Å². The van der Waals surface area contributed by atoms with Gasteiger partial charge in [-0.2, -0.15) is 0 Å². The molecule has 56 heavy (non-hydrogen) atoms. The molecule has 0 bridgehead atoms. The van der Waals surface area contributed by atoms with Crippen LogP contribution in [0.1, 0.15) is 39.8 Å². The van der Waals surface area contributed by atoms with Gasteiger partial charge in [-0.25, -0.2) is 0 Å². The van der Waals surface area contributed by atoms with Gasteiger partial charge < -0.3 is 79.9 Å². The van der Waals surface area contributed by atoms with Crippen LogP contribution in [0.25, 0.3) is 12.2 Å². The number of phenolic OH excluding ortho intramolecular Hbond substituents is 3. The lowest BCUT2D eigenvalue weighted by Gasteiger charge is -2.39. The molecule has 298 valence electrons. The molecule has 0 aromatic heterocycles. The monoisotopic (exact) mass is 778 g/mol. The van der Waals surface area contributed by atoms with Gasteiger partial charge in [0.25, 0.3) is 0 Å². The lowest BCUT2D eigenvalue weighted by Crippen LogP contribution is -2.60. The lowest BCUT2D eigenvalue weighted by atomic mass is 9.84. The van der Waals surface area contributed by atoms with E-state index in [0.29, 0.717) is 33.8 Å². The van der Waals surface area contributed by atoms with Gasteiger partial charge in [0.15, 0.2) is 0 Å². The van der Waals surface area contributed by atoms with Crippen molar-refractivity contribution >= 4 is 12.2 Å². The van der Waals surface area contributed by atoms with E-state index in [0.717, 1.165) is 5.56 Å². The van der Waals surface area contributed by atoms with E-state index < -0.39 is 86.6 Å². The van der Waals surface area contributed by atoms with Crippen LogP contribution in [-0.2, 0) is 9.47 Å². The summed E-state index contributed by atoms with van der Waals surface area (Å²) in [5.74, 6) is -0.342. The Kier molecular flexibility index (Phi) is 11.4. The van der Waals surface area contributed by atoms with E-state index in [9.17, 15) is 56.2 Å². The third-order valence-corrected chi connectivity index (χ3v) is 10.1. The summed E-state index contributed by atoms with van der Waals surface area (Å²) < 4.78 is 28.7. The Balaban J connectivity index is 1.10. The van der Waals surface area contributed by atoms with Gasteiger partial charge in [-0.3, -0.25) is 0 Å². The number of aliphatic hydroxyl groups is 8. The molecule has 12 atom stereocenters. The van der Waals surface area contributed by atoms with E-state index >= 15 is 0 Å². The van der Waals surface area contributed by atoms with Crippen LogP contribution in [0.15, 0.2) is 78.9 Å². The summed E-state index contributed by atoms with van der Waals surface area (Å²) in [6.45, 7) is -1.20. The average Bonchev–Trinajstić information content (AvgIpc) is 3.58. The van der Waals surface area contributed by atoms with Gasteiger partial charge in [0.05, 0.1) is 19.1 Å². The van der Waals surface area contributed by atoms with E-state index in [-0.39, 0.29) is 23.0 Å². The van der Waals surface area contributed by atoms with E-state index in [4.69, 9.17) is 23.7 Å². The van der Waals surface area contributed by atoms with Crippen molar-refractivity contribution in [3.63, 3.8) is 0 Å². The summed E-state index contributed by atoms with van der Waals surface area (Å²) in [5.41, 5.74) is 2.78. The molecule has 0 spiro atoms. The molecule has 4 aromatic carbocycles. The first-order chi connectivity index (χ1) is 26.8. The number of hydrogen-bond donors (Lipinski definition) is 11. The zero-order valence-corrected chi connectivity index (χ0v) is 29.5. The van der Waals surface area contributed by atoms with E-state index in [2.05, 4.69) is 0 Å². The molecule has 16 heteroatoms. The SMILES string of the molecule is OC[C@H]1O[C@@H](Oc2ccc(C=Cc3cc(O)c4c(c3)O[C@@H](c3ccc(O[C@@H]5O[C@H](CO)[C@@H](O)[C@H](O)[C@H]5O)cc3)[C@@H]4c3cc(O)cc(O)c3)cc2)[C@H](O)[C@@H](O)[C@@H]1O. The predicted molar refractivity (Wildman–Crippen MR) is 194 cm³/mol. The number of aromatic hydroxyl groups is 3. The van der Waals surface area contributed by atoms with Crippen LogP contribution >= 0.6 is 0 Å². The summed E-state index contributed by atoms with van der Waals surface area (Å²) in [7, 11) is 0. The van der Waals surface area contributed by atoms with Crippen LogP contribution in [0, 0.1) is 0 Å².